The molecular formula is C20H23BrN2O4. The van der Waals surface area contributed by atoms with Gasteiger partial charge in [-0.1, -0.05) is 12.1 Å². The quantitative estimate of drug-likeness (QED) is 0.755. The highest BCUT2D eigenvalue weighted by atomic mass is 79.9. The molecule has 0 radical (unpaired) electrons. The SMILES string of the molecule is COc1cc(CNC(=O)c2ccccc2N2CCOCC2)cc(Br)c1OC. The van der Waals surface area contributed by atoms with Crippen molar-refractivity contribution in [2.75, 3.05) is 45.4 Å². The van der Waals surface area contributed by atoms with Gasteiger partial charge in [-0.05, 0) is 45.8 Å². The van der Waals surface area contributed by atoms with Gasteiger partial charge >= 0.3 is 0 Å². The Kier molecular flexibility index (Phi) is 6.58. The second kappa shape index (κ2) is 9.10. The van der Waals surface area contributed by atoms with E-state index < -0.39 is 0 Å². The Morgan fingerprint density at radius 1 is 1.19 bits per heavy atom. The number of halogens is 1. The van der Waals surface area contributed by atoms with Gasteiger partial charge in [-0.3, -0.25) is 4.79 Å². The molecule has 0 saturated carbocycles. The number of methoxy groups -OCH3 is 2. The highest BCUT2D eigenvalue weighted by Crippen LogP contribution is 2.36. The fourth-order valence-corrected chi connectivity index (χ4v) is 3.75. The number of hydrogen-bond donors (Lipinski definition) is 1. The minimum atomic E-state index is -0.108. The van der Waals surface area contributed by atoms with Crippen molar-refractivity contribution in [3.05, 3.63) is 52.0 Å². The third kappa shape index (κ3) is 4.54. The highest BCUT2D eigenvalue weighted by molar-refractivity contribution is 9.10. The van der Waals surface area contributed by atoms with Crippen LogP contribution >= 0.6 is 15.9 Å². The van der Waals surface area contributed by atoms with Gasteiger partial charge < -0.3 is 24.4 Å². The first-order valence-corrected chi connectivity index (χ1v) is 9.53. The summed E-state index contributed by atoms with van der Waals surface area (Å²) >= 11 is 3.48. The molecule has 1 saturated heterocycles. The number of amides is 1. The maximum Gasteiger partial charge on any atom is 0.253 e. The van der Waals surface area contributed by atoms with Gasteiger partial charge in [-0.25, -0.2) is 0 Å². The Morgan fingerprint density at radius 2 is 1.93 bits per heavy atom. The van der Waals surface area contributed by atoms with Crippen molar-refractivity contribution in [3.63, 3.8) is 0 Å². The number of rotatable bonds is 6. The fraction of sp³-hybridized carbons (Fsp3) is 0.350. The van der Waals surface area contributed by atoms with E-state index in [2.05, 4.69) is 26.1 Å². The monoisotopic (exact) mass is 434 g/mol. The Balaban J connectivity index is 1.74. The van der Waals surface area contributed by atoms with E-state index in [-0.39, 0.29) is 5.91 Å². The number of hydrogen-bond acceptors (Lipinski definition) is 5. The molecular weight excluding hydrogens is 412 g/mol. The summed E-state index contributed by atoms with van der Waals surface area (Å²) in [7, 11) is 3.18. The lowest BCUT2D eigenvalue weighted by Crippen LogP contribution is -2.37. The van der Waals surface area contributed by atoms with Crippen molar-refractivity contribution in [3.8, 4) is 11.5 Å². The summed E-state index contributed by atoms with van der Waals surface area (Å²) in [5.74, 6) is 1.14. The minimum Gasteiger partial charge on any atom is -0.493 e. The molecule has 144 valence electrons. The Hall–Kier alpha value is -2.25. The van der Waals surface area contributed by atoms with Crippen LogP contribution in [0.25, 0.3) is 0 Å². The molecule has 1 aliphatic rings. The molecule has 1 N–H and O–H groups in total. The molecule has 0 aromatic heterocycles. The maximum atomic E-state index is 12.8. The zero-order valence-electron chi connectivity index (χ0n) is 15.5. The van der Waals surface area contributed by atoms with Gasteiger partial charge in [-0.15, -0.1) is 0 Å². The number of nitrogens with zero attached hydrogens (tertiary/aromatic N) is 1. The van der Waals surface area contributed by atoms with Crippen LogP contribution in [0.2, 0.25) is 0 Å². The summed E-state index contributed by atoms with van der Waals surface area (Å²) in [4.78, 5) is 15.0. The van der Waals surface area contributed by atoms with Crippen molar-refractivity contribution in [2.24, 2.45) is 0 Å². The van der Waals surface area contributed by atoms with Gasteiger partial charge in [0.05, 0.1) is 37.5 Å². The van der Waals surface area contributed by atoms with Crippen LogP contribution < -0.4 is 19.7 Å². The van der Waals surface area contributed by atoms with Crippen molar-refractivity contribution in [1.29, 1.82) is 0 Å². The molecule has 0 aliphatic carbocycles. The molecule has 1 amide bonds. The lowest BCUT2D eigenvalue weighted by molar-refractivity contribution is 0.0949. The summed E-state index contributed by atoms with van der Waals surface area (Å²) in [6.45, 7) is 3.31. The molecule has 7 heteroatoms. The molecule has 2 aromatic rings. The molecule has 0 unspecified atom stereocenters. The van der Waals surface area contributed by atoms with Gasteiger partial charge in [0.1, 0.15) is 0 Å². The number of morpholine rings is 1. The topological polar surface area (TPSA) is 60.0 Å². The number of carbonyl (C=O) groups is 1. The zero-order valence-corrected chi connectivity index (χ0v) is 17.0. The van der Waals surface area contributed by atoms with Crippen LogP contribution in [0.15, 0.2) is 40.9 Å². The van der Waals surface area contributed by atoms with Crippen molar-refractivity contribution in [1.82, 2.24) is 5.32 Å². The van der Waals surface area contributed by atoms with Gasteiger partial charge in [0.25, 0.3) is 5.91 Å². The van der Waals surface area contributed by atoms with Gasteiger partial charge in [0, 0.05) is 25.3 Å². The van der Waals surface area contributed by atoms with Crippen molar-refractivity contribution in [2.45, 2.75) is 6.54 Å². The number of benzene rings is 2. The third-order valence-electron chi connectivity index (χ3n) is 4.45. The Morgan fingerprint density at radius 3 is 2.63 bits per heavy atom. The molecule has 0 bridgehead atoms. The lowest BCUT2D eigenvalue weighted by Gasteiger charge is -2.30. The molecule has 27 heavy (non-hydrogen) atoms. The highest BCUT2D eigenvalue weighted by Gasteiger charge is 2.18. The van der Waals surface area contributed by atoms with Crippen LogP contribution in [0.5, 0.6) is 11.5 Å². The number of nitrogens with one attached hydrogen (secondary N) is 1. The molecule has 1 aliphatic heterocycles. The molecule has 3 rings (SSSR count). The predicted octanol–water partition coefficient (Wildman–Crippen LogP) is 3.23. The first-order valence-electron chi connectivity index (χ1n) is 8.74. The van der Waals surface area contributed by atoms with Crippen LogP contribution in [0, 0.1) is 0 Å². The van der Waals surface area contributed by atoms with Gasteiger partial charge in [0.15, 0.2) is 11.5 Å². The predicted molar refractivity (Wildman–Crippen MR) is 108 cm³/mol. The first kappa shape index (κ1) is 19.5. The molecule has 2 aromatic carbocycles. The molecule has 0 atom stereocenters. The van der Waals surface area contributed by atoms with Crippen LogP contribution in [0.1, 0.15) is 15.9 Å². The Bertz CT molecular complexity index is 807. The largest absolute Gasteiger partial charge is 0.493 e. The molecule has 0 spiro atoms. The van der Waals surface area contributed by atoms with Crippen LogP contribution in [0.3, 0.4) is 0 Å². The molecule has 1 fully saturated rings. The van der Waals surface area contributed by atoms with E-state index in [1.807, 2.05) is 36.4 Å². The average Bonchev–Trinajstić information content (AvgIpc) is 2.72. The molecule has 1 heterocycles. The summed E-state index contributed by atoms with van der Waals surface area (Å²) < 4.78 is 16.9. The zero-order chi connectivity index (χ0) is 19.2. The van der Waals surface area contributed by atoms with Crippen LogP contribution in [0.4, 0.5) is 5.69 Å². The first-order chi connectivity index (χ1) is 13.1. The molecule has 6 nitrogen and oxygen atoms in total. The summed E-state index contributed by atoms with van der Waals surface area (Å²) in [5.41, 5.74) is 2.52. The summed E-state index contributed by atoms with van der Waals surface area (Å²) in [6, 6.07) is 11.4. The maximum absolute atomic E-state index is 12.8. The number of para-hydroxylation sites is 1. The second-order valence-electron chi connectivity index (χ2n) is 6.11. The minimum absolute atomic E-state index is 0.108. The van der Waals surface area contributed by atoms with E-state index in [9.17, 15) is 4.79 Å². The van der Waals surface area contributed by atoms with E-state index in [1.165, 1.54) is 0 Å². The van der Waals surface area contributed by atoms with E-state index in [0.717, 1.165) is 28.8 Å². The number of carbonyl (C=O) groups excluding carboxylic acids is 1. The van der Waals surface area contributed by atoms with E-state index in [1.54, 1.807) is 14.2 Å². The average molecular weight is 435 g/mol. The standard InChI is InChI=1S/C20H23BrN2O4/c1-25-18-12-14(11-16(21)19(18)26-2)13-22-20(24)15-5-3-4-6-17(15)23-7-9-27-10-8-23/h3-6,11-12H,7-10,13H2,1-2H3,(H,22,24). The number of ether oxygens (including phenoxy) is 3. The number of anilines is 1. The second-order valence-corrected chi connectivity index (χ2v) is 6.97. The van der Waals surface area contributed by atoms with E-state index in [0.29, 0.717) is 36.8 Å². The smallest absolute Gasteiger partial charge is 0.253 e. The van der Waals surface area contributed by atoms with Gasteiger partial charge in [-0.2, -0.15) is 0 Å². The normalized spacial score (nSPS) is 14.0. The Labute approximate surface area is 167 Å². The van der Waals surface area contributed by atoms with Crippen molar-refractivity contribution < 1.29 is 19.0 Å². The van der Waals surface area contributed by atoms with Crippen LogP contribution in [-0.4, -0.2) is 46.4 Å². The van der Waals surface area contributed by atoms with Gasteiger partial charge in [0.2, 0.25) is 0 Å². The fourth-order valence-electron chi connectivity index (χ4n) is 3.10. The summed E-state index contributed by atoms with van der Waals surface area (Å²) in [5, 5.41) is 3.00. The lowest BCUT2D eigenvalue weighted by atomic mass is 10.1. The summed E-state index contributed by atoms with van der Waals surface area (Å²) in [6.07, 6.45) is 0. The van der Waals surface area contributed by atoms with E-state index >= 15 is 0 Å². The van der Waals surface area contributed by atoms with Crippen LogP contribution in [-0.2, 0) is 11.3 Å². The van der Waals surface area contributed by atoms with Crippen molar-refractivity contribution >= 4 is 27.5 Å². The third-order valence-corrected chi connectivity index (χ3v) is 5.04. The van der Waals surface area contributed by atoms with E-state index in [4.69, 9.17) is 14.2 Å².